The van der Waals surface area contributed by atoms with Gasteiger partial charge in [-0.05, 0) is 17.7 Å². The summed E-state index contributed by atoms with van der Waals surface area (Å²) < 4.78 is 5.15. The second kappa shape index (κ2) is 3.51. The molecule has 0 saturated carbocycles. The molecular formula is C10H11N3O. The highest BCUT2D eigenvalue weighted by molar-refractivity contribution is 5.77. The van der Waals surface area contributed by atoms with E-state index >= 15 is 0 Å². The standard InChI is InChI=1S/C10H11N3O/c11-5-1-2-7-3-4-9-8(6-7)13-10(12)14-9/h1-4,6H,5,11H2,(H2,12,13). The van der Waals surface area contributed by atoms with E-state index in [4.69, 9.17) is 15.9 Å². The van der Waals surface area contributed by atoms with Crippen molar-refractivity contribution in [3.8, 4) is 0 Å². The van der Waals surface area contributed by atoms with E-state index in [0.29, 0.717) is 12.1 Å². The zero-order valence-electron chi connectivity index (χ0n) is 7.60. The first-order valence-corrected chi connectivity index (χ1v) is 4.32. The van der Waals surface area contributed by atoms with Crippen LogP contribution in [0, 0.1) is 0 Å². The average molecular weight is 189 g/mol. The van der Waals surface area contributed by atoms with Crippen LogP contribution in [0.2, 0.25) is 0 Å². The zero-order chi connectivity index (χ0) is 9.97. The predicted octanol–water partition coefficient (Wildman–Crippen LogP) is 1.38. The first kappa shape index (κ1) is 8.77. The summed E-state index contributed by atoms with van der Waals surface area (Å²) in [7, 11) is 0. The highest BCUT2D eigenvalue weighted by Crippen LogP contribution is 2.18. The minimum absolute atomic E-state index is 0.194. The Bertz CT molecular complexity index is 473. The quantitative estimate of drug-likeness (QED) is 0.748. The van der Waals surface area contributed by atoms with Gasteiger partial charge >= 0.3 is 0 Å². The fourth-order valence-corrected chi connectivity index (χ4v) is 1.27. The Kier molecular flexibility index (Phi) is 2.20. The number of benzene rings is 1. The molecule has 0 aliphatic carbocycles. The maximum Gasteiger partial charge on any atom is 0.292 e. The van der Waals surface area contributed by atoms with Crippen molar-refractivity contribution in [3.63, 3.8) is 0 Å². The largest absolute Gasteiger partial charge is 0.424 e. The number of nitrogens with zero attached hydrogens (tertiary/aromatic N) is 1. The molecule has 4 heteroatoms. The predicted molar refractivity (Wildman–Crippen MR) is 56.5 cm³/mol. The van der Waals surface area contributed by atoms with Crippen LogP contribution in [0.15, 0.2) is 28.7 Å². The molecule has 0 radical (unpaired) electrons. The second-order valence-corrected chi connectivity index (χ2v) is 2.92. The normalized spacial score (nSPS) is 11.5. The molecule has 0 atom stereocenters. The van der Waals surface area contributed by atoms with E-state index in [1.54, 1.807) is 0 Å². The molecule has 2 aromatic rings. The first-order chi connectivity index (χ1) is 6.79. The Balaban J connectivity index is 2.45. The van der Waals surface area contributed by atoms with Gasteiger partial charge in [0.05, 0.1) is 0 Å². The fourth-order valence-electron chi connectivity index (χ4n) is 1.27. The van der Waals surface area contributed by atoms with Gasteiger partial charge in [-0.15, -0.1) is 0 Å². The maximum absolute atomic E-state index is 5.42. The Labute approximate surface area is 81.2 Å². The van der Waals surface area contributed by atoms with E-state index in [9.17, 15) is 0 Å². The van der Waals surface area contributed by atoms with Crippen LogP contribution in [0.5, 0.6) is 0 Å². The van der Waals surface area contributed by atoms with Crippen molar-refractivity contribution in [2.75, 3.05) is 12.3 Å². The van der Waals surface area contributed by atoms with Crippen LogP contribution in [0.1, 0.15) is 5.56 Å². The molecule has 1 heterocycles. The molecule has 4 N–H and O–H groups in total. The van der Waals surface area contributed by atoms with Crippen LogP contribution in [-0.2, 0) is 0 Å². The Morgan fingerprint density at radius 2 is 2.29 bits per heavy atom. The SMILES string of the molecule is NCC=Cc1ccc2oc(N)nc2c1. The van der Waals surface area contributed by atoms with Crippen molar-refractivity contribution < 1.29 is 4.42 Å². The summed E-state index contributed by atoms with van der Waals surface area (Å²) in [5.41, 5.74) is 13.3. The number of nitrogens with two attached hydrogens (primary N) is 2. The van der Waals surface area contributed by atoms with Crippen LogP contribution in [0.25, 0.3) is 17.2 Å². The van der Waals surface area contributed by atoms with Crippen molar-refractivity contribution in [1.82, 2.24) is 4.98 Å². The Hall–Kier alpha value is -1.81. The van der Waals surface area contributed by atoms with Gasteiger partial charge < -0.3 is 15.9 Å². The first-order valence-electron chi connectivity index (χ1n) is 4.32. The number of anilines is 1. The molecule has 2 rings (SSSR count). The lowest BCUT2D eigenvalue weighted by Crippen LogP contribution is -1.91. The second-order valence-electron chi connectivity index (χ2n) is 2.92. The third-order valence-electron chi connectivity index (χ3n) is 1.87. The third-order valence-corrected chi connectivity index (χ3v) is 1.87. The van der Waals surface area contributed by atoms with E-state index < -0.39 is 0 Å². The van der Waals surface area contributed by atoms with Crippen LogP contribution < -0.4 is 11.5 Å². The van der Waals surface area contributed by atoms with Crippen molar-refractivity contribution in [3.05, 3.63) is 29.8 Å². The van der Waals surface area contributed by atoms with Crippen molar-refractivity contribution >= 4 is 23.2 Å². The number of hydrogen-bond donors (Lipinski definition) is 2. The van der Waals surface area contributed by atoms with E-state index in [1.807, 2.05) is 30.4 Å². The average Bonchev–Trinajstić information content (AvgIpc) is 2.54. The molecule has 0 unspecified atom stereocenters. The lowest BCUT2D eigenvalue weighted by molar-refractivity contribution is 0.626. The monoisotopic (exact) mass is 189 g/mol. The van der Waals surface area contributed by atoms with Gasteiger partial charge in [-0.3, -0.25) is 0 Å². The number of aromatic nitrogens is 1. The van der Waals surface area contributed by atoms with Gasteiger partial charge in [0.15, 0.2) is 5.58 Å². The van der Waals surface area contributed by atoms with Gasteiger partial charge in [-0.2, -0.15) is 4.98 Å². The summed E-state index contributed by atoms with van der Waals surface area (Å²) in [4.78, 5) is 4.03. The molecule has 72 valence electrons. The minimum Gasteiger partial charge on any atom is -0.424 e. The number of rotatable bonds is 2. The highest BCUT2D eigenvalue weighted by atomic mass is 16.4. The molecule has 0 spiro atoms. The molecular weight excluding hydrogens is 178 g/mol. The van der Waals surface area contributed by atoms with Crippen LogP contribution in [0.3, 0.4) is 0 Å². The van der Waals surface area contributed by atoms with Crippen molar-refractivity contribution in [1.29, 1.82) is 0 Å². The molecule has 1 aromatic heterocycles. The molecule has 4 nitrogen and oxygen atoms in total. The Morgan fingerprint density at radius 3 is 3.07 bits per heavy atom. The van der Waals surface area contributed by atoms with Crippen LogP contribution in [0.4, 0.5) is 6.01 Å². The van der Waals surface area contributed by atoms with E-state index in [0.717, 1.165) is 11.1 Å². The summed E-state index contributed by atoms with van der Waals surface area (Å²) in [6.45, 7) is 0.527. The molecule has 0 saturated heterocycles. The third kappa shape index (κ3) is 1.60. The zero-order valence-corrected chi connectivity index (χ0v) is 7.60. The van der Waals surface area contributed by atoms with Crippen LogP contribution >= 0.6 is 0 Å². The van der Waals surface area contributed by atoms with Gasteiger partial charge in [-0.25, -0.2) is 0 Å². The summed E-state index contributed by atoms with van der Waals surface area (Å²) in [5.74, 6) is 0. The number of oxazole rings is 1. The van der Waals surface area contributed by atoms with Gasteiger partial charge in [0.25, 0.3) is 6.01 Å². The molecule has 0 bridgehead atoms. The molecule has 0 aliphatic rings. The van der Waals surface area contributed by atoms with Crippen LogP contribution in [-0.4, -0.2) is 11.5 Å². The van der Waals surface area contributed by atoms with Gasteiger partial charge in [0.2, 0.25) is 0 Å². The smallest absolute Gasteiger partial charge is 0.292 e. The van der Waals surface area contributed by atoms with E-state index in [2.05, 4.69) is 4.98 Å². The molecule has 14 heavy (non-hydrogen) atoms. The lowest BCUT2D eigenvalue weighted by atomic mass is 10.2. The molecule has 0 aliphatic heterocycles. The molecule has 1 aromatic carbocycles. The van der Waals surface area contributed by atoms with Crippen molar-refractivity contribution in [2.24, 2.45) is 5.73 Å². The minimum atomic E-state index is 0.194. The molecule has 0 amide bonds. The summed E-state index contributed by atoms with van der Waals surface area (Å²) in [6, 6.07) is 5.87. The lowest BCUT2D eigenvalue weighted by Gasteiger charge is -1.91. The maximum atomic E-state index is 5.42. The van der Waals surface area contributed by atoms with E-state index in [1.165, 1.54) is 0 Å². The number of hydrogen-bond acceptors (Lipinski definition) is 4. The van der Waals surface area contributed by atoms with Gasteiger partial charge in [0, 0.05) is 6.54 Å². The van der Waals surface area contributed by atoms with Gasteiger partial charge in [-0.1, -0.05) is 18.2 Å². The summed E-state index contributed by atoms with van der Waals surface area (Å²) >= 11 is 0. The van der Waals surface area contributed by atoms with Gasteiger partial charge in [0.1, 0.15) is 5.52 Å². The summed E-state index contributed by atoms with van der Waals surface area (Å²) in [6.07, 6.45) is 3.81. The topological polar surface area (TPSA) is 78.1 Å². The number of fused-ring (bicyclic) bond motifs is 1. The van der Waals surface area contributed by atoms with E-state index in [-0.39, 0.29) is 6.01 Å². The number of nitrogen functional groups attached to an aromatic ring is 1. The summed E-state index contributed by atoms with van der Waals surface area (Å²) in [5, 5.41) is 0. The highest BCUT2D eigenvalue weighted by Gasteiger charge is 2.01. The fraction of sp³-hybridized carbons (Fsp3) is 0.100. The molecule has 0 fully saturated rings. The van der Waals surface area contributed by atoms with Crippen molar-refractivity contribution in [2.45, 2.75) is 0 Å². The Morgan fingerprint density at radius 1 is 1.43 bits per heavy atom.